The van der Waals surface area contributed by atoms with Crippen LogP contribution >= 0.6 is 0 Å². The highest BCUT2D eigenvalue weighted by atomic mass is 16.6. The monoisotopic (exact) mass is 320 g/mol. The van der Waals surface area contributed by atoms with Crippen LogP contribution in [0.15, 0.2) is 15.7 Å². The summed E-state index contributed by atoms with van der Waals surface area (Å²) in [5.74, 6) is 0. The fourth-order valence-corrected chi connectivity index (χ4v) is 2.78. The van der Waals surface area contributed by atoms with Gasteiger partial charge in [-0.05, 0) is 6.92 Å². The number of morpholine rings is 1. The quantitative estimate of drug-likeness (QED) is 0.475. The molecule has 2 heterocycles. The molecule has 1 aliphatic heterocycles. The molecule has 0 atom stereocenters. The molecule has 2 N–H and O–H groups in total. The van der Waals surface area contributed by atoms with E-state index >= 15 is 0 Å². The molecule has 3 rings (SSSR count). The van der Waals surface area contributed by atoms with Gasteiger partial charge in [-0.3, -0.25) is 24.6 Å². The van der Waals surface area contributed by atoms with Gasteiger partial charge in [0.05, 0.1) is 29.2 Å². The van der Waals surface area contributed by atoms with Crippen molar-refractivity contribution in [3.05, 3.63) is 48.0 Å². The van der Waals surface area contributed by atoms with E-state index in [2.05, 4.69) is 14.9 Å². The Morgan fingerprint density at radius 1 is 1.26 bits per heavy atom. The van der Waals surface area contributed by atoms with E-state index in [9.17, 15) is 19.7 Å². The average molecular weight is 320 g/mol. The van der Waals surface area contributed by atoms with Gasteiger partial charge in [0.2, 0.25) is 0 Å². The zero-order chi connectivity index (χ0) is 16.6. The van der Waals surface area contributed by atoms with E-state index in [4.69, 9.17) is 4.74 Å². The van der Waals surface area contributed by atoms with Crippen molar-refractivity contribution in [2.45, 2.75) is 13.5 Å². The first-order valence-corrected chi connectivity index (χ1v) is 7.20. The van der Waals surface area contributed by atoms with Gasteiger partial charge in [0.25, 0.3) is 5.69 Å². The van der Waals surface area contributed by atoms with Crippen LogP contribution in [0, 0.1) is 17.0 Å². The van der Waals surface area contributed by atoms with E-state index in [-0.39, 0.29) is 11.2 Å². The second-order valence-electron chi connectivity index (χ2n) is 5.48. The third-order valence-electron chi connectivity index (χ3n) is 4.06. The van der Waals surface area contributed by atoms with E-state index in [1.165, 1.54) is 6.07 Å². The van der Waals surface area contributed by atoms with Crippen molar-refractivity contribution in [1.29, 1.82) is 0 Å². The first-order valence-electron chi connectivity index (χ1n) is 7.20. The number of hydrogen-bond donors (Lipinski definition) is 2. The lowest BCUT2D eigenvalue weighted by Crippen LogP contribution is -2.36. The molecule has 0 amide bonds. The summed E-state index contributed by atoms with van der Waals surface area (Å²) >= 11 is 0. The second-order valence-corrected chi connectivity index (χ2v) is 5.48. The zero-order valence-electron chi connectivity index (χ0n) is 12.5. The van der Waals surface area contributed by atoms with E-state index in [1.807, 2.05) is 0 Å². The zero-order valence-corrected chi connectivity index (χ0v) is 12.5. The first kappa shape index (κ1) is 15.4. The number of aromatic nitrogens is 2. The maximum Gasteiger partial charge on any atom is 0.314 e. The second kappa shape index (κ2) is 5.94. The molecule has 122 valence electrons. The first-order chi connectivity index (χ1) is 11.0. The van der Waals surface area contributed by atoms with E-state index in [1.54, 1.807) is 6.92 Å². The van der Waals surface area contributed by atoms with Gasteiger partial charge in [-0.1, -0.05) is 0 Å². The summed E-state index contributed by atoms with van der Waals surface area (Å²) in [4.78, 5) is 41.0. The van der Waals surface area contributed by atoms with Crippen molar-refractivity contribution in [2.24, 2.45) is 0 Å². The van der Waals surface area contributed by atoms with Gasteiger partial charge in [-0.25, -0.2) is 0 Å². The Morgan fingerprint density at radius 3 is 2.57 bits per heavy atom. The van der Waals surface area contributed by atoms with Crippen LogP contribution in [0.2, 0.25) is 0 Å². The van der Waals surface area contributed by atoms with Gasteiger partial charge in [0, 0.05) is 36.8 Å². The van der Waals surface area contributed by atoms with Gasteiger partial charge in [0.1, 0.15) is 0 Å². The molecule has 1 saturated heterocycles. The van der Waals surface area contributed by atoms with Crippen molar-refractivity contribution >= 4 is 16.7 Å². The molecule has 0 saturated carbocycles. The van der Waals surface area contributed by atoms with Crippen LogP contribution in [-0.4, -0.2) is 46.1 Å². The molecule has 1 aliphatic rings. The Balaban J connectivity index is 2.20. The molecule has 0 aliphatic carbocycles. The molecule has 0 bridgehead atoms. The minimum Gasteiger partial charge on any atom is -0.379 e. The van der Waals surface area contributed by atoms with Crippen LogP contribution in [-0.2, 0) is 11.3 Å². The lowest BCUT2D eigenvalue weighted by molar-refractivity contribution is -0.385. The number of nitrogens with zero attached hydrogens (tertiary/aromatic N) is 2. The van der Waals surface area contributed by atoms with E-state index < -0.39 is 16.0 Å². The fraction of sp³-hybridized carbons (Fsp3) is 0.429. The number of hydrogen-bond acceptors (Lipinski definition) is 6. The summed E-state index contributed by atoms with van der Waals surface area (Å²) in [5.41, 5.74) is 0.144. The summed E-state index contributed by atoms with van der Waals surface area (Å²) in [6.45, 7) is 4.69. The van der Waals surface area contributed by atoms with E-state index in [0.29, 0.717) is 49.5 Å². The Kier molecular flexibility index (Phi) is 3.97. The predicted octanol–water partition coefficient (Wildman–Crippen LogP) is 0.265. The number of benzene rings is 1. The predicted molar refractivity (Wildman–Crippen MR) is 82.7 cm³/mol. The summed E-state index contributed by atoms with van der Waals surface area (Å²) in [7, 11) is 0. The molecule has 1 aromatic heterocycles. The minimum atomic E-state index is -0.826. The number of fused-ring (bicyclic) bond motifs is 1. The van der Waals surface area contributed by atoms with Crippen LogP contribution < -0.4 is 11.1 Å². The number of nitrogens with one attached hydrogen (secondary N) is 2. The van der Waals surface area contributed by atoms with Gasteiger partial charge >= 0.3 is 11.1 Å². The molecule has 23 heavy (non-hydrogen) atoms. The molecule has 0 unspecified atom stereocenters. The fourth-order valence-electron chi connectivity index (χ4n) is 2.78. The number of rotatable bonds is 3. The lowest BCUT2D eigenvalue weighted by atomic mass is 10.0. The summed E-state index contributed by atoms with van der Waals surface area (Å²) in [5, 5.41) is 11.3. The van der Waals surface area contributed by atoms with Gasteiger partial charge < -0.3 is 14.7 Å². The number of aromatic amines is 2. The molecular formula is C14H16N4O5. The Morgan fingerprint density at radius 2 is 1.91 bits per heavy atom. The average Bonchev–Trinajstić information content (AvgIpc) is 2.52. The highest BCUT2D eigenvalue weighted by Crippen LogP contribution is 2.28. The number of ether oxygens (including phenoxy) is 1. The topological polar surface area (TPSA) is 121 Å². The van der Waals surface area contributed by atoms with Gasteiger partial charge in [0.15, 0.2) is 0 Å². The molecular weight excluding hydrogens is 304 g/mol. The summed E-state index contributed by atoms with van der Waals surface area (Å²) in [6.07, 6.45) is 0. The summed E-state index contributed by atoms with van der Waals surface area (Å²) in [6, 6.07) is 1.28. The maximum absolute atomic E-state index is 11.6. The Labute approximate surface area is 130 Å². The van der Waals surface area contributed by atoms with Crippen molar-refractivity contribution < 1.29 is 9.66 Å². The molecule has 1 aromatic carbocycles. The Hall–Kier alpha value is -2.52. The van der Waals surface area contributed by atoms with Crippen LogP contribution in [0.25, 0.3) is 11.0 Å². The van der Waals surface area contributed by atoms with Crippen LogP contribution in [0.5, 0.6) is 0 Å². The maximum atomic E-state index is 11.6. The standard InChI is InChI=1S/C14H16N4O5/c1-8-9(7-17-2-4-23-5-3-17)12-10(6-11(8)18(21)22)15-13(19)14(20)16-12/h6H,2-5,7H2,1H3,(H,15,19)(H,16,20). The van der Waals surface area contributed by atoms with Gasteiger partial charge in [-0.2, -0.15) is 0 Å². The van der Waals surface area contributed by atoms with Crippen LogP contribution in [0.3, 0.4) is 0 Å². The number of H-pyrrole nitrogens is 2. The molecule has 1 fully saturated rings. The highest BCUT2D eigenvalue weighted by molar-refractivity contribution is 5.82. The molecule has 9 nitrogen and oxygen atoms in total. The van der Waals surface area contributed by atoms with Crippen molar-refractivity contribution in [3.8, 4) is 0 Å². The highest BCUT2D eigenvalue weighted by Gasteiger charge is 2.22. The van der Waals surface area contributed by atoms with Crippen LogP contribution in [0.4, 0.5) is 5.69 Å². The number of nitro benzene ring substituents is 1. The van der Waals surface area contributed by atoms with Crippen molar-refractivity contribution in [2.75, 3.05) is 26.3 Å². The molecule has 0 radical (unpaired) electrons. The molecule has 9 heteroatoms. The van der Waals surface area contributed by atoms with Crippen molar-refractivity contribution in [1.82, 2.24) is 14.9 Å². The molecule has 2 aromatic rings. The number of nitro groups is 1. The summed E-state index contributed by atoms with van der Waals surface area (Å²) < 4.78 is 5.30. The lowest BCUT2D eigenvalue weighted by Gasteiger charge is -2.27. The minimum absolute atomic E-state index is 0.0801. The normalized spacial score (nSPS) is 15.9. The van der Waals surface area contributed by atoms with Crippen molar-refractivity contribution in [3.63, 3.8) is 0 Å². The third-order valence-corrected chi connectivity index (χ3v) is 4.06. The van der Waals surface area contributed by atoms with E-state index in [0.717, 1.165) is 0 Å². The SMILES string of the molecule is Cc1c([N+](=O)[O-])cc2[nH]c(=O)c(=O)[nH]c2c1CN1CCOCC1. The Bertz CT molecular complexity index is 879. The smallest absolute Gasteiger partial charge is 0.314 e. The van der Waals surface area contributed by atoms with Gasteiger partial charge in [-0.15, -0.1) is 0 Å². The third kappa shape index (κ3) is 2.88. The molecule has 0 spiro atoms. The largest absolute Gasteiger partial charge is 0.379 e. The van der Waals surface area contributed by atoms with Crippen LogP contribution in [0.1, 0.15) is 11.1 Å².